The quantitative estimate of drug-likeness (QED) is 0.586. The standard InChI is InChI=1S/C18H21BrN8O/c1-28-3-2-25-11-24-15-16(25)22-10-23-17(15)26-6-12-8-27(9-13(12)7-26)18-20-4-14(19)5-21-18/h4-5,10-13H,2-3,6-9H2,1H3. The summed E-state index contributed by atoms with van der Waals surface area (Å²) in [6.45, 7) is 5.24. The van der Waals surface area contributed by atoms with Gasteiger partial charge < -0.3 is 19.1 Å². The van der Waals surface area contributed by atoms with E-state index in [1.807, 2.05) is 10.9 Å². The Labute approximate surface area is 170 Å². The molecule has 0 bridgehead atoms. The van der Waals surface area contributed by atoms with Gasteiger partial charge in [-0.2, -0.15) is 0 Å². The van der Waals surface area contributed by atoms with Crippen molar-refractivity contribution in [2.45, 2.75) is 6.54 Å². The van der Waals surface area contributed by atoms with Gasteiger partial charge in [0.1, 0.15) is 6.33 Å². The van der Waals surface area contributed by atoms with Gasteiger partial charge in [0, 0.05) is 64.1 Å². The highest BCUT2D eigenvalue weighted by Crippen LogP contribution is 2.36. The predicted molar refractivity (Wildman–Crippen MR) is 108 cm³/mol. The third kappa shape index (κ3) is 3.10. The molecule has 5 heterocycles. The van der Waals surface area contributed by atoms with Crippen LogP contribution in [0.2, 0.25) is 0 Å². The fraction of sp³-hybridized carbons (Fsp3) is 0.500. The van der Waals surface area contributed by atoms with Gasteiger partial charge in [0.25, 0.3) is 0 Å². The van der Waals surface area contributed by atoms with E-state index in [-0.39, 0.29) is 0 Å². The number of anilines is 2. The van der Waals surface area contributed by atoms with Gasteiger partial charge >= 0.3 is 0 Å². The van der Waals surface area contributed by atoms with Crippen molar-refractivity contribution < 1.29 is 4.74 Å². The van der Waals surface area contributed by atoms with Crippen LogP contribution in [0.4, 0.5) is 11.8 Å². The molecular formula is C18H21BrN8O. The van der Waals surface area contributed by atoms with Gasteiger partial charge in [0.05, 0.1) is 17.4 Å². The second-order valence-electron chi connectivity index (χ2n) is 7.33. The van der Waals surface area contributed by atoms with E-state index in [1.54, 1.807) is 25.8 Å². The van der Waals surface area contributed by atoms with E-state index in [0.29, 0.717) is 18.4 Å². The lowest BCUT2D eigenvalue weighted by atomic mass is 10.0. The molecule has 0 spiro atoms. The average molecular weight is 445 g/mol. The summed E-state index contributed by atoms with van der Waals surface area (Å²) in [5, 5.41) is 0. The lowest BCUT2D eigenvalue weighted by Crippen LogP contribution is -2.30. The molecule has 146 valence electrons. The Bertz CT molecular complexity index is 963. The van der Waals surface area contributed by atoms with Gasteiger partial charge in [0.15, 0.2) is 17.0 Å². The third-order valence-electron chi connectivity index (χ3n) is 5.59. The van der Waals surface area contributed by atoms with Gasteiger partial charge in [-0.15, -0.1) is 0 Å². The second-order valence-corrected chi connectivity index (χ2v) is 8.25. The molecule has 0 radical (unpaired) electrons. The minimum Gasteiger partial charge on any atom is -0.383 e. The number of nitrogens with zero attached hydrogens (tertiary/aromatic N) is 8. The Morgan fingerprint density at radius 2 is 1.71 bits per heavy atom. The number of hydrogen-bond acceptors (Lipinski definition) is 8. The highest BCUT2D eigenvalue weighted by atomic mass is 79.9. The topological polar surface area (TPSA) is 85.1 Å². The number of fused-ring (bicyclic) bond motifs is 2. The number of halogens is 1. The summed E-state index contributed by atoms with van der Waals surface area (Å²) >= 11 is 3.39. The van der Waals surface area contributed by atoms with Crippen molar-refractivity contribution in [3.05, 3.63) is 29.5 Å². The summed E-state index contributed by atoms with van der Waals surface area (Å²) in [5.74, 6) is 2.90. The summed E-state index contributed by atoms with van der Waals surface area (Å²) in [6, 6.07) is 0. The highest BCUT2D eigenvalue weighted by molar-refractivity contribution is 9.10. The molecule has 2 unspecified atom stereocenters. The highest BCUT2D eigenvalue weighted by Gasteiger charge is 2.41. The van der Waals surface area contributed by atoms with Crippen LogP contribution in [0, 0.1) is 11.8 Å². The van der Waals surface area contributed by atoms with Crippen LogP contribution >= 0.6 is 15.9 Å². The SMILES string of the molecule is COCCn1cnc2c(N3CC4CN(c5ncc(Br)cn5)CC4C3)ncnc21. The Balaban J connectivity index is 1.33. The molecule has 0 aliphatic carbocycles. The van der Waals surface area contributed by atoms with Crippen LogP contribution in [0.5, 0.6) is 0 Å². The molecule has 10 heteroatoms. The van der Waals surface area contributed by atoms with Crippen molar-refractivity contribution in [2.75, 3.05) is 49.7 Å². The molecular weight excluding hydrogens is 424 g/mol. The molecule has 2 aliphatic rings. The van der Waals surface area contributed by atoms with Crippen molar-refractivity contribution in [1.82, 2.24) is 29.5 Å². The van der Waals surface area contributed by atoms with Gasteiger partial charge in [-0.25, -0.2) is 24.9 Å². The van der Waals surface area contributed by atoms with Gasteiger partial charge in [-0.1, -0.05) is 0 Å². The molecule has 5 rings (SSSR count). The van der Waals surface area contributed by atoms with Gasteiger partial charge in [0.2, 0.25) is 5.95 Å². The first-order chi connectivity index (χ1) is 13.7. The van der Waals surface area contributed by atoms with Crippen LogP contribution in [-0.4, -0.2) is 69.4 Å². The summed E-state index contributed by atoms with van der Waals surface area (Å²) in [4.78, 5) is 27.1. The minimum atomic E-state index is 0.577. The maximum atomic E-state index is 5.18. The van der Waals surface area contributed by atoms with Gasteiger partial charge in [-0.05, 0) is 15.9 Å². The van der Waals surface area contributed by atoms with Crippen molar-refractivity contribution in [2.24, 2.45) is 11.8 Å². The molecule has 9 nitrogen and oxygen atoms in total. The zero-order chi connectivity index (χ0) is 19.1. The van der Waals surface area contributed by atoms with Gasteiger partial charge in [-0.3, -0.25) is 0 Å². The van der Waals surface area contributed by atoms with Crippen LogP contribution in [0.1, 0.15) is 0 Å². The molecule has 3 aromatic heterocycles. The fourth-order valence-corrected chi connectivity index (χ4v) is 4.46. The fourth-order valence-electron chi connectivity index (χ4n) is 4.25. The normalized spacial score (nSPS) is 21.6. The number of methoxy groups -OCH3 is 1. The molecule has 2 atom stereocenters. The minimum absolute atomic E-state index is 0.577. The van der Waals surface area contributed by atoms with E-state index in [4.69, 9.17) is 4.74 Å². The van der Waals surface area contributed by atoms with Crippen LogP contribution in [-0.2, 0) is 11.3 Å². The Kier molecular flexibility index (Phi) is 4.59. The Hall–Kier alpha value is -2.33. The zero-order valence-corrected chi connectivity index (χ0v) is 17.2. The van der Waals surface area contributed by atoms with E-state index in [1.165, 1.54) is 0 Å². The Morgan fingerprint density at radius 3 is 2.43 bits per heavy atom. The van der Waals surface area contributed by atoms with Crippen molar-refractivity contribution >= 4 is 38.9 Å². The van der Waals surface area contributed by atoms with E-state index in [9.17, 15) is 0 Å². The summed E-state index contributed by atoms with van der Waals surface area (Å²) < 4.78 is 8.10. The van der Waals surface area contributed by atoms with E-state index >= 15 is 0 Å². The Morgan fingerprint density at radius 1 is 1.00 bits per heavy atom. The summed E-state index contributed by atoms with van der Waals surface area (Å²) in [7, 11) is 1.70. The number of rotatable bonds is 5. The number of hydrogen-bond donors (Lipinski definition) is 0. The molecule has 0 amide bonds. The zero-order valence-electron chi connectivity index (χ0n) is 15.6. The van der Waals surface area contributed by atoms with E-state index in [0.717, 1.165) is 60.1 Å². The molecule has 2 saturated heterocycles. The summed E-state index contributed by atoms with van der Waals surface area (Å²) in [6.07, 6.45) is 7.07. The lowest BCUT2D eigenvalue weighted by molar-refractivity contribution is 0.188. The molecule has 0 aromatic carbocycles. The molecule has 2 fully saturated rings. The van der Waals surface area contributed by atoms with Crippen LogP contribution < -0.4 is 9.80 Å². The average Bonchev–Trinajstić information content (AvgIpc) is 3.39. The van der Waals surface area contributed by atoms with E-state index < -0.39 is 0 Å². The monoisotopic (exact) mass is 444 g/mol. The first-order valence-corrected chi connectivity index (χ1v) is 10.1. The summed E-state index contributed by atoms with van der Waals surface area (Å²) in [5.41, 5.74) is 1.73. The molecule has 3 aromatic rings. The first-order valence-electron chi connectivity index (χ1n) is 9.35. The van der Waals surface area contributed by atoms with Crippen LogP contribution in [0.25, 0.3) is 11.2 Å². The first kappa shape index (κ1) is 17.7. The van der Waals surface area contributed by atoms with E-state index in [2.05, 4.69) is 50.6 Å². The predicted octanol–water partition coefficient (Wildman–Crippen LogP) is 1.60. The van der Waals surface area contributed by atoms with Crippen LogP contribution in [0.3, 0.4) is 0 Å². The second kappa shape index (κ2) is 7.25. The van der Waals surface area contributed by atoms with Crippen molar-refractivity contribution in [1.29, 1.82) is 0 Å². The molecule has 0 N–H and O–H groups in total. The molecule has 2 aliphatic heterocycles. The third-order valence-corrected chi connectivity index (χ3v) is 6.00. The van der Waals surface area contributed by atoms with Crippen LogP contribution in [0.15, 0.2) is 29.5 Å². The maximum Gasteiger partial charge on any atom is 0.225 e. The largest absolute Gasteiger partial charge is 0.383 e. The lowest BCUT2D eigenvalue weighted by Gasteiger charge is -2.22. The number of ether oxygens (including phenoxy) is 1. The number of aromatic nitrogens is 6. The smallest absolute Gasteiger partial charge is 0.225 e. The maximum absolute atomic E-state index is 5.18. The molecule has 0 saturated carbocycles. The van der Waals surface area contributed by atoms with Crippen molar-refractivity contribution in [3.8, 4) is 0 Å². The molecule has 28 heavy (non-hydrogen) atoms. The van der Waals surface area contributed by atoms with Crippen molar-refractivity contribution in [3.63, 3.8) is 0 Å². The number of imidazole rings is 1.